The van der Waals surface area contributed by atoms with Crippen molar-refractivity contribution in [1.82, 2.24) is 5.43 Å². The Hall–Kier alpha value is -0.0800. The third-order valence-electron chi connectivity index (χ3n) is 1.11. The van der Waals surface area contributed by atoms with Gasteiger partial charge in [-0.25, -0.2) is 0 Å². The van der Waals surface area contributed by atoms with Crippen LogP contribution in [0.1, 0.15) is 27.2 Å². The smallest absolute Gasteiger partial charge is 0.0184 e. The van der Waals surface area contributed by atoms with Crippen LogP contribution in [0.2, 0.25) is 0 Å². The molecule has 0 aliphatic heterocycles. The standard InChI is InChI=1S/C6H16N2/c1-5(2)4-6(3)8-7/h5-6,8H,4,7H2,1-3H3/t6-/m0/s1. The zero-order valence-corrected chi connectivity index (χ0v) is 5.94. The highest BCUT2D eigenvalue weighted by Gasteiger charge is 1.99. The lowest BCUT2D eigenvalue weighted by Crippen LogP contribution is -2.33. The lowest BCUT2D eigenvalue weighted by atomic mass is 10.1. The Morgan fingerprint density at radius 2 is 1.88 bits per heavy atom. The van der Waals surface area contributed by atoms with Crippen molar-refractivity contribution < 1.29 is 0 Å². The molecule has 0 spiro atoms. The van der Waals surface area contributed by atoms with E-state index in [1.165, 1.54) is 0 Å². The second-order valence-electron chi connectivity index (χ2n) is 2.70. The molecule has 0 aliphatic carbocycles. The van der Waals surface area contributed by atoms with Crippen molar-refractivity contribution in [1.29, 1.82) is 0 Å². The van der Waals surface area contributed by atoms with Crippen LogP contribution >= 0.6 is 0 Å². The normalized spacial score (nSPS) is 14.6. The monoisotopic (exact) mass is 116 g/mol. The maximum absolute atomic E-state index is 5.17. The largest absolute Gasteiger partial charge is 0.271 e. The quantitative estimate of drug-likeness (QED) is 0.424. The maximum atomic E-state index is 5.17. The molecule has 0 aromatic heterocycles. The van der Waals surface area contributed by atoms with Crippen LogP contribution in [0, 0.1) is 5.92 Å². The molecule has 0 aromatic carbocycles. The number of nitrogens with one attached hydrogen (secondary N) is 1. The minimum atomic E-state index is 0.454. The van der Waals surface area contributed by atoms with Crippen molar-refractivity contribution in [2.24, 2.45) is 11.8 Å². The number of hydrogen-bond donors (Lipinski definition) is 2. The molecule has 0 aromatic rings. The average Bonchev–Trinajstić information content (AvgIpc) is 1.65. The van der Waals surface area contributed by atoms with Gasteiger partial charge in [0.2, 0.25) is 0 Å². The third kappa shape index (κ3) is 4.09. The van der Waals surface area contributed by atoms with Crippen molar-refractivity contribution in [2.45, 2.75) is 33.2 Å². The van der Waals surface area contributed by atoms with Crippen molar-refractivity contribution in [3.63, 3.8) is 0 Å². The zero-order valence-electron chi connectivity index (χ0n) is 5.94. The highest BCUT2D eigenvalue weighted by molar-refractivity contribution is 4.57. The minimum Gasteiger partial charge on any atom is -0.271 e. The van der Waals surface area contributed by atoms with Gasteiger partial charge in [-0.3, -0.25) is 11.3 Å². The van der Waals surface area contributed by atoms with E-state index in [9.17, 15) is 0 Å². The highest BCUT2D eigenvalue weighted by atomic mass is 15.2. The summed E-state index contributed by atoms with van der Waals surface area (Å²) >= 11 is 0. The van der Waals surface area contributed by atoms with Gasteiger partial charge in [0.15, 0.2) is 0 Å². The summed E-state index contributed by atoms with van der Waals surface area (Å²) in [4.78, 5) is 0. The average molecular weight is 116 g/mol. The van der Waals surface area contributed by atoms with Crippen LogP contribution in [0.15, 0.2) is 0 Å². The van der Waals surface area contributed by atoms with Gasteiger partial charge in [0, 0.05) is 6.04 Å². The molecule has 0 amide bonds. The summed E-state index contributed by atoms with van der Waals surface area (Å²) in [7, 11) is 0. The molecule has 1 atom stereocenters. The molecule has 50 valence electrons. The molecule has 0 saturated heterocycles. The van der Waals surface area contributed by atoms with E-state index in [0.29, 0.717) is 6.04 Å². The van der Waals surface area contributed by atoms with Gasteiger partial charge in [0.25, 0.3) is 0 Å². The van der Waals surface area contributed by atoms with Gasteiger partial charge in [0.05, 0.1) is 0 Å². The van der Waals surface area contributed by atoms with E-state index in [2.05, 4.69) is 26.2 Å². The van der Waals surface area contributed by atoms with E-state index >= 15 is 0 Å². The number of rotatable bonds is 3. The molecule has 0 radical (unpaired) electrons. The fourth-order valence-electron chi connectivity index (χ4n) is 0.775. The molecule has 2 nitrogen and oxygen atoms in total. The topological polar surface area (TPSA) is 38.0 Å². The zero-order chi connectivity index (χ0) is 6.57. The second kappa shape index (κ2) is 3.87. The molecule has 0 aliphatic rings. The lowest BCUT2D eigenvalue weighted by molar-refractivity contribution is 0.451. The first-order chi connectivity index (χ1) is 3.66. The molecular formula is C6H16N2. The Balaban J connectivity index is 3.10. The summed E-state index contributed by atoms with van der Waals surface area (Å²) in [6, 6.07) is 0.454. The fourth-order valence-corrected chi connectivity index (χ4v) is 0.775. The molecule has 0 heterocycles. The van der Waals surface area contributed by atoms with Crippen molar-refractivity contribution in [3.05, 3.63) is 0 Å². The van der Waals surface area contributed by atoms with E-state index in [-0.39, 0.29) is 0 Å². The van der Waals surface area contributed by atoms with Gasteiger partial charge in [-0.2, -0.15) is 0 Å². The van der Waals surface area contributed by atoms with Crippen LogP contribution in [0.4, 0.5) is 0 Å². The molecule has 8 heavy (non-hydrogen) atoms. The molecule has 2 heteroatoms. The maximum Gasteiger partial charge on any atom is 0.0184 e. The highest BCUT2D eigenvalue weighted by Crippen LogP contribution is 2.01. The summed E-state index contributed by atoms with van der Waals surface area (Å²) in [5.41, 5.74) is 2.70. The Labute approximate surface area is 51.4 Å². The summed E-state index contributed by atoms with van der Waals surface area (Å²) < 4.78 is 0. The first kappa shape index (κ1) is 7.92. The Bertz CT molecular complexity index is 52.5. The van der Waals surface area contributed by atoms with E-state index in [0.717, 1.165) is 12.3 Å². The van der Waals surface area contributed by atoms with Crippen LogP contribution in [0.3, 0.4) is 0 Å². The van der Waals surface area contributed by atoms with E-state index < -0.39 is 0 Å². The molecular weight excluding hydrogens is 100 g/mol. The summed E-state index contributed by atoms with van der Waals surface area (Å²) in [6.45, 7) is 6.46. The molecule has 0 fully saturated rings. The lowest BCUT2D eigenvalue weighted by Gasteiger charge is -2.11. The first-order valence-electron chi connectivity index (χ1n) is 3.13. The van der Waals surface area contributed by atoms with Crippen LogP contribution in [0.25, 0.3) is 0 Å². The second-order valence-corrected chi connectivity index (χ2v) is 2.70. The van der Waals surface area contributed by atoms with E-state index in [4.69, 9.17) is 5.84 Å². The Kier molecular flexibility index (Phi) is 3.83. The summed E-state index contributed by atoms with van der Waals surface area (Å²) in [5.74, 6) is 5.91. The molecule has 0 rings (SSSR count). The van der Waals surface area contributed by atoms with Crippen LogP contribution in [-0.4, -0.2) is 6.04 Å². The third-order valence-corrected chi connectivity index (χ3v) is 1.11. The summed E-state index contributed by atoms with van der Waals surface area (Å²) in [5, 5.41) is 0. The van der Waals surface area contributed by atoms with Gasteiger partial charge in [-0.1, -0.05) is 13.8 Å². The van der Waals surface area contributed by atoms with Crippen molar-refractivity contribution >= 4 is 0 Å². The van der Waals surface area contributed by atoms with Crippen LogP contribution < -0.4 is 11.3 Å². The predicted molar refractivity (Wildman–Crippen MR) is 36.2 cm³/mol. The molecule has 0 saturated carbocycles. The number of nitrogens with two attached hydrogens (primary N) is 1. The fraction of sp³-hybridized carbons (Fsp3) is 1.00. The van der Waals surface area contributed by atoms with Gasteiger partial charge >= 0.3 is 0 Å². The Morgan fingerprint density at radius 1 is 1.38 bits per heavy atom. The van der Waals surface area contributed by atoms with Gasteiger partial charge in [-0.15, -0.1) is 0 Å². The van der Waals surface area contributed by atoms with E-state index in [1.807, 2.05) is 0 Å². The predicted octanol–water partition coefficient (Wildman–Crippen LogP) is 0.884. The Morgan fingerprint density at radius 3 is 2.00 bits per heavy atom. The van der Waals surface area contributed by atoms with Gasteiger partial charge < -0.3 is 0 Å². The first-order valence-corrected chi connectivity index (χ1v) is 3.13. The minimum absolute atomic E-state index is 0.454. The molecule has 3 N–H and O–H groups in total. The number of hydrogen-bond acceptors (Lipinski definition) is 2. The molecule has 0 bridgehead atoms. The van der Waals surface area contributed by atoms with Gasteiger partial charge in [0.1, 0.15) is 0 Å². The van der Waals surface area contributed by atoms with Crippen molar-refractivity contribution in [3.8, 4) is 0 Å². The van der Waals surface area contributed by atoms with Gasteiger partial charge in [-0.05, 0) is 19.3 Å². The summed E-state index contributed by atoms with van der Waals surface area (Å²) in [6.07, 6.45) is 1.15. The SMILES string of the molecule is CC(C)C[C@H](C)NN. The van der Waals surface area contributed by atoms with Crippen LogP contribution in [-0.2, 0) is 0 Å². The molecule has 0 unspecified atom stereocenters. The van der Waals surface area contributed by atoms with Crippen LogP contribution in [0.5, 0.6) is 0 Å². The van der Waals surface area contributed by atoms with Crippen molar-refractivity contribution in [2.75, 3.05) is 0 Å². The number of hydrazine groups is 1. The van der Waals surface area contributed by atoms with E-state index in [1.54, 1.807) is 0 Å².